The van der Waals surface area contributed by atoms with E-state index in [-0.39, 0.29) is 6.10 Å². The van der Waals surface area contributed by atoms with Crippen LogP contribution in [0.15, 0.2) is 43.1 Å². The van der Waals surface area contributed by atoms with Crippen molar-refractivity contribution in [3.63, 3.8) is 0 Å². The number of aryl methyl sites for hydroxylation is 1. The van der Waals surface area contributed by atoms with Gasteiger partial charge in [-0.15, -0.1) is 0 Å². The van der Waals surface area contributed by atoms with Gasteiger partial charge in [-0.05, 0) is 43.2 Å². The number of likely N-dealkylation sites (tertiary alicyclic amines) is 1. The van der Waals surface area contributed by atoms with Crippen LogP contribution in [0, 0.1) is 5.41 Å². The van der Waals surface area contributed by atoms with Crippen molar-refractivity contribution in [3.8, 4) is 17.1 Å². The van der Waals surface area contributed by atoms with Crippen LogP contribution >= 0.6 is 0 Å². The van der Waals surface area contributed by atoms with Crippen LogP contribution in [0.4, 0.5) is 0 Å². The summed E-state index contributed by atoms with van der Waals surface area (Å²) >= 11 is 0. The zero-order valence-electron chi connectivity index (χ0n) is 16.4. The van der Waals surface area contributed by atoms with Crippen LogP contribution in [0.1, 0.15) is 25.7 Å². The van der Waals surface area contributed by atoms with Gasteiger partial charge < -0.3 is 9.64 Å². The molecule has 1 spiro atoms. The molecule has 0 bridgehead atoms. The summed E-state index contributed by atoms with van der Waals surface area (Å²) in [6, 6.07) is 1.93. The monoisotopic (exact) mass is 392 g/mol. The number of nitrogens with zero attached hydrogens (tertiary/aromatic N) is 6. The van der Waals surface area contributed by atoms with Crippen molar-refractivity contribution in [1.29, 1.82) is 0 Å². The maximum atomic E-state index is 10.5. The van der Waals surface area contributed by atoms with Crippen LogP contribution in [0.5, 0.6) is 5.88 Å². The first-order valence-electron chi connectivity index (χ1n) is 10.0. The predicted molar refractivity (Wildman–Crippen MR) is 107 cm³/mol. The number of rotatable bonds is 5. The van der Waals surface area contributed by atoms with Crippen LogP contribution in [0.25, 0.3) is 16.8 Å². The Hall–Kier alpha value is -3.16. The van der Waals surface area contributed by atoms with E-state index in [1.54, 1.807) is 23.2 Å². The zero-order valence-corrected chi connectivity index (χ0v) is 16.4. The molecule has 0 amide bonds. The summed E-state index contributed by atoms with van der Waals surface area (Å²) in [5.41, 5.74) is 2.99. The molecule has 5 rings (SSSR count). The average Bonchev–Trinajstić information content (AvgIpc) is 3.35. The summed E-state index contributed by atoms with van der Waals surface area (Å²) in [5.74, 6) is 0.634. The molecule has 2 fully saturated rings. The largest absolute Gasteiger partial charge is 0.473 e. The highest BCUT2D eigenvalue weighted by Gasteiger charge is 2.47. The third kappa shape index (κ3) is 3.39. The number of hydrogen-bond acceptors (Lipinski definition) is 6. The molecule has 8 nitrogen and oxygen atoms in total. The molecule has 29 heavy (non-hydrogen) atoms. The van der Waals surface area contributed by atoms with Crippen LogP contribution in [0.3, 0.4) is 0 Å². The van der Waals surface area contributed by atoms with Gasteiger partial charge >= 0.3 is 0 Å². The van der Waals surface area contributed by atoms with Gasteiger partial charge in [0.15, 0.2) is 0 Å². The van der Waals surface area contributed by atoms with Crippen molar-refractivity contribution in [3.05, 3.63) is 43.1 Å². The molecular formula is C21H24N6O2. The summed E-state index contributed by atoms with van der Waals surface area (Å²) in [6.45, 7) is 2.00. The Morgan fingerprint density at radius 3 is 2.76 bits per heavy atom. The molecule has 0 atom stereocenters. The fourth-order valence-corrected chi connectivity index (χ4v) is 4.54. The third-order valence-electron chi connectivity index (χ3n) is 6.19. The fourth-order valence-electron chi connectivity index (χ4n) is 4.54. The summed E-state index contributed by atoms with van der Waals surface area (Å²) in [6.07, 6.45) is 16.3. The van der Waals surface area contributed by atoms with E-state index in [1.165, 1.54) is 0 Å². The lowest BCUT2D eigenvalue weighted by Crippen LogP contribution is -2.50. The molecule has 1 saturated heterocycles. The highest BCUT2D eigenvalue weighted by Crippen LogP contribution is 2.50. The first kappa shape index (κ1) is 17.9. The normalized spacial score (nSPS) is 19.1. The molecule has 1 saturated carbocycles. The fraction of sp³-hybridized carbons (Fsp3) is 0.429. The van der Waals surface area contributed by atoms with Gasteiger partial charge in [-0.25, -0.2) is 9.50 Å². The molecule has 3 aromatic heterocycles. The van der Waals surface area contributed by atoms with Crippen molar-refractivity contribution in [2.24, 2.45) is 12.5 Å². The van der Waals surface area contributed by atoms with Gasteiger partial charge in [0.05, 0.1) is 24.3 Å². The van der Waals surface area contributed by atoms with Gasteiger partial charge in [-0.1, -0.05) is 0 Å². The molecule has 0 radical (unpaired) electrons. The van der Waals surface area contributed by atoms with Crippen molar-refractivity contribution in [2.45, 2.75) is 31.8 Å². The van der Waals surface area contributed by atoms with E-state index < -0.39 is 0 Å². The minimum absolute atomic E-state index is 0.183. The molecule has 0 unspecified atom stereocenters. The second-order valence-corrected chi connectivity index (χ2v) is 8.16. The minimum atomic E-state index is 0.183. The molecule has 150 valence electrons. The van der Waals surface area contributed by atoms with E-state index in [0.29, 0.717) is 11.3 Å². The first-order chi connectivity index (χ1) is 14.1. The number of ether oxygens (including phenoxy) is 1. The molecule has 3 aromatic rings. The van der Waals surface area contributed by atoms with Crippen molar-refractivity contribution in [1.82, 2.24) is 29.3 Å². The highest BCUT2D eigenvalue weighted by atomic mass is 16.5. The van der Waals surface area contributed by atoms with E-state index >= 15 is 0 Å². The number of hydrogen-bond donors (Lipinski definition) is 0. The summed E-state index contributed by atoms with van der Waals surface area (Å²) < 4.78 is 9.91. The van der Waals surface area contributed by atoms with E-state index in [9.17, 15) is 4.79 Å². The maximum absolute atomic E-state index is 10.5. The molecule has 1 aliphatic carbocycles. The third-order valence-corrected chi connectivity index (χ3v) is 6.19. The highest BCUT2D eigenvalue weighted by molar-refractivity contribution is 5.64. The summed E-state index contributed by atoms with van der Waals surface area (Å²) in [7, 11) is 1.89. The van der Waals surface area contributed by atoms with Gasteiger partial charge in [0.2, 0.25) is 5.88 Å². The Kier molecular flexibility index (Phi) is 4.34. The van der Waals surface area contributed by atoms with Crippen molar-refractivity contribution >= 4 is 11.8 Å². The zero-order chi connectivity index (χ0) is 19.8. The molecule has 8 heteroatoms. The van der Waals surface area contributed by atoms with Crippen LogP contribution in [-0.4, -0.2) is 54.8 Å². The van der Waals surface area contributed by atoms with Gasteiger partial charge in [0, 0.05) is 38.1 Å². The number of aldehydes is 1. The Bertz CT molecular complexity index is 1050. The molecule has 2 aliphatic rings. The Morgan fingerprint density at radius 1 is 1.21 bits per heavy atom. The first-order valence-corrected chi connectivity index (χ1v) is 10.0. The lowest BCUT2D eigenvalue weighted by Gasteiger charge is -2.51. The average molecular weight is 392 g/mol. The molecular weight excluding hydrogens is 368 g/mol. The van der Waals surface area contributed by atoms with E-state index in [2.05, 4.69) is 15.1 Å². The second kappa shape index (κ2) is 7.02. The predicted octanol–water partition coefficient (Wildman–Crippen LogP) is 2.47. The molecule has 0 aromatic carbocycles. The maximum Gasteiger partial charge on any atom is 0.240 e. The van der Waals surface area contributed by atoms with Gasteiger partial charge in [-0.3, -0.25) is 9.48 Å². The van der Waals surface area contributed by atoms with E-state index in [1.807, 2.05) is 36.2 Å². The van der Waals surface area contributed by atoms with Crippen LogP contribution in [0.2, 0.25) is 0 Å². The van der Waals surface area contributed by atoms with E-state index in [4.69, 9.17) is 9.72 Å². The number of allylic oxidation sites excluding steroid dienone is 1. The van der Waals surface area contributed by atoms with Crippen molar-refractivity contribution < 1.29 is 9.53 Å². The van der Waals surface area contributed by atoms with Gasteiger partial charge in [0.25, 0.3) is 0 Å². The molecule has 0 N–H and O–H groups in total. The summed E-state index contributed by atoms with van der Waals surface area (Å²) in [4.78, 5) is 17.5. The molecule has 4 heterocycles. The number of aromatic nitrogens is 5. The quantitative estimate of drug-likeness (QED) is 0.490. The Labute approximate surface area is 168 Å². The van der Waals surface area contributed by atoms with Gasteiger partial charge in [0.1, 0.15) is 17.9 Å². The van der Waals surface area contributed by atoms with Crippen LogP contribution in [-0.2, 0) is 11.8 Å². The minimum Gasteiger partial charge on any atom is -0.473 e. The number of carbonyl (C=O) groups is 1. The lowest BCUT2D eigenvalue weighted by molar-refractivity contribution is -0.104. The topological polar surface area (TPSA) is 77.5 Å². The Morgan fingerprint density at radius 2 is 2.03 bits per heavy atom. The smallest absolute Gasteiger partial charge is 0.240 e. The van der Waals surface area contributed by atoms with E-state index in [0.717, 1.165) is 61.8 Å². The SMILES string of the molecule is Cn1cc(-c2cn3nccc3c(OC3CC4(CCN(/C=C/C=O)CC4)C3)n2)cn1. The summed E-state index contributed by atoms with van der Waals surface area (Å²) in [5, 5.41) is 8.61. The lowest BCUT2D eigenvalue weighted by atomic mass is 9.61. The van der Waals surface area contributed by atoms with Crippen molar-refractivity contribution in [2.75, 3.05) is 13.1 Å². The van der Waals surface area contributed by atoms with Gasteiger partial charge in [-0.2, -0.15) is 10.2 Å². The van der Waals surface area contributed by atoms with Crippen LogP contribution < -0.4 is 4.74 Å². The number of carbonyl (C=O) groups excluding carboxylic acids is 1. The second-order valence-electron chi connectivity index (χ2n) is 8.16. The number of piperidine rings is 1. The number of fused-ring (bicyclic) bond motifs is 1. The standard InChI is InChI=1S/C21H24N6O2/c1-25-14-16(13-23-25)18-15-27-19(3-6-22-27)20(24-18)29-17-11-21(12-17)4-8-26(9-5-21)7-2-10-28/h2-3,6-7,10,13-15,17H,4-5,8-9,11-12H2,1H3/b7-2+. The molecule has 1 aliphatic heterocycles. The Balaban J connectivity index is 1.29.